The summed E-state index contributed by atoms with van der Waals surface area (Å²) < 4.78 is 13.4. The molecule has 152 valence electrons. The van der Waals surface area contributed by atoms with E-state index in [1.54, 1.807) is 12.3 Å². The summed E-state index contributed by atoms with van der Waals surface area (Å²) in [7, 11) is 2.02. The van der Waals surface area contributed by atoms with Crippen molar-refractivity contribution in [3.05, 3.63) is 41.6 Å². The first-order chi connectivity index (χ1) is 14.0. The Morgan fingerprint density at radius 3 is 2.72 bits per heavy atom. The van der Waals surface area contributed by atoms with Crippen molar-refractivity contribution < 1.29 is 4.39 Å². The Bertz CT molecular complexity index is 1010. The molecule has 3 aromatic rings. The van der Waals surface area contributed by atoms with Crippen molar-refractivity contribution in [3.63, 3.8) is 0 Å². The number of rotatable bonds is 5. The number of benzene rings is 1. The van der Waals surface area contributed by atoms with E-state index in [0.717, 1.165) is 32.2 Å². The molecule has 0 unspecified atom stereocenters. The second kappa shape index (κ2) is 8.42. The van der Waals surface area contributed by atoms with Crippen LogP contribution in [0.25, 0.3) is 11.0 Å². The molecule has 1 saturated carbocycles. The van der Waals surface area contributed by atoms with Gasteiger partial charge in [0, 0.05) is 18.8 Å². The molecular formula is C20H23ClFN7. The normalized spacial score (nSPS) is 19.3. The molecule has 0 atom stereocenters. The lowest BCUT2D eigenvalue weighted by Gasteiger charge is -2.34. The molecule has 2 heterocycles. The molecule has 4 rings (SSSR count). The highest BCUT2D eigenvalue weighted by Crippen LogP contribution is 2.29. The van der Waals surface area contributed by atoms with Gasteiger partial charge in [-0.1, -0.05) is 11.6 Å². The van der Waals surface area contributed by atoms with Crippen molar-refractivity contribution in [2.24, 2.45) is 11.7 Å². The summed E-state index contributed by atoms with van der Waals surface area (Å²) in [6, 6.07) is 4.79. The van der Waals surface area contributed by atoms with Crippen LogP contribution in [0.3, 0.4) is 0 Å². The number of hydrogen-bond acceptors (Lipinski definition) is 7. The van der Waals surface area contributed by atoms with Gasteiger partial charge >= 0.3 is 0 Å². The lowest BCUT2D eigenvalue weighted by Crippen LogP contribution is -2.37. The Morgan fingerprint density at radius 2 is 2.00 bits per heavy atom. The maximum Gasteiger partial charge on any atom is 0.226 e. The third-order valence-corrected chi connectivity index (χ3v) is 5.85. The van der Waals surface area contributed by atoms with E-state index in [9.17, 15) is 4.39 Å². The maximum absolute atomic E-state index is 13.4. The van der Waals surface area contributed by atoms with Gasteiger partial charge in [-0.15, -0.1) is 0 Å². The summed E-state index contributed by atoms with van der Waals surface area (Å²) in [4.78, 5) is 19.9. The van der Waals surface area contributed by atoms with E-state index in [4.69, 9.17) is 22.3 Å². The first kappa shape index (κ1) is 19.7. The number of hydrogen-bond donors (Lipinski definition) is 2. The number of nitrogens with two attached hydrogens (primary N) is 1. The minimum Gasteiger partial charge on any atom is -0.341 e. The average Bonchev–Trinajstić information content (AvgIpc) is 2.76. The Morgan fingerprint density at radius 1 is 1.21 bits per heavy atom. The van der Waals surface area contributed by atoms with Gasteiger partial charge in [0.15, 0.2) is 5.82 Å². The molecule has 0 amide bonds. The zero-order valence-electron chi connectivity index (χ0n) is 16.1. The lowest BCUT2D eigenvalue weighted by atomic mass is 9.85. The number of nitrogens with zero attached hydrogens (tertiary/aromatic N) is 5. The van der Waals surface area contributed by atoms with Crippen LogP contribution in [-0.2, 0) is 0 Å². The number of anilines is 3. The second-order valence-electron chi connectivity index (χ2n) is 7.40. The Labute approximate surface area is 173 Å². The van der Waals surface area contributed by atoms with Gasteiger partial charge in [-0.05, 0) is 56.3 Å². The molecule has 1 aromatic carbocycles. The maximum atomic E-state index is 13.4. The monoisotopic (exact) mass is 415 g/mol. The average molecular weight is 416 g/mol. The van der Waals surface area contributed by atoms with E-state index in [2.05, 4.69) is 25.2 Å². The number of aromatic nitrogens is 4. The summed E-state index contributed by atoms with van der Waals surface area (Å²) in [5, 5.41) is 3.19. The van der Waals surface area contributed by atoms with Crippen LogP contribution in [0.4, 0.5) is 21.8 Å². The zero-order valence-corrected chi connectivity index (χ0v) is 16.9. The molecule has 0 aliphatic heterocycles. The number of nitrogens with one attached hydrogen (secondary N) is 1. The van der Waals surface area contributed by atoms with E-state index in [1.165, 1.54) is 18.5 Å². The SMILES string of the molecule is CN(c1ncc2ncnc(Nc3ccc(F)c(Cl)c3)c2n1)C1CCC(CN)CC1. The van der Waals surface area contributed by atoms with Crippen LogP contribution in [0.5, 0.6) is 0 Å². The van der Waals surface area contributed by atoms with Gasteiger partial charge in [0.25, 0.3) is 0 Å². The van der Waals surface area contributed by atoms with Crippen molar-refractivity contribution >= 4 is 40.1 Å². The largest absolute Gasteiger partial charge is 0.341 e. The summed E-state index contributed by atoms with van der Waals surface area (Å²) in [5.41, 5.74) is 7.65. The molecule has 2 aromatic heterocycles. The van der Waals surface area contributed by atoms with Crippen LogP contribution >= 0.6 is 11.6 Å². The predicted molar refractivity (Wildman–Crippen MR) is 113 cm³/mol. The molecule has 0 radical (unpaired) electrons. The Hall–Kier alpha value is -2.58. The summed E-state index contributed by atoms with van der Waals surface area (Å²) in [5.74, 6) is 1.29. The van der Waals surface area contributed by atoms with Gasteiger partial charge in [0.2, 0.25) is 5.95 Å². The van der Waals surface area contributed by atoms with Gasteiger partial charge < -0.3 is 16.0 Å². The molecule has 29 heavy (non-hydrogen) atoms. The first-order valence-corrected chi connectivity index (χ1v) is 10.1. The smallest absolute Gasteiger partial charge is 0.226 e. The molecule has 1 aliphatic carbocycles. The van der Waals surface area contributed by atoms with Crippen LogP contribution in [0.1, 0.15) is 25.7 Å². The summed E-state index contributed by atoms with van der Waals surface area (Å²) in [6.07, 6.45) is 7.54. The first-order valence-electron chi connectivity index (χ1n) is 9.68. The highest BCUT2D eigenvalue weighted by Gasteiger charge is 2.25. The van der Waals surface area contributed by atoms with Crippen molar-refractivity contribution in [1.82, 2.24) is 19.9 Å². The molecule has 7 nitrogen and oxygen atoms in total. The minimum absolute atomic E-state index is 0.0384. The second-order valence-corrected chi connectivity index (χ2v) is 7.81. The summed E-state index contributed by atoms with van der Waals surface area (Å²) >= 11 is 5.88. The van der Waals surface area contributed by atoms with Crippen LogP contribution in [0, 0.1) is 11.7 Å². The molecule has 1 fully saturated rings. The van der Waals surface area contributed by atoms with Gasteiger partial charge in [-0.2, -0.15) is 0 Å². The van der Waals surface area contributed by atoms with E-state index >= 15 is 0 Å². The van der Waals surface area contributed by atoms with Crippen LogP contribution in [0.2, 0.25) is 5.02 Å². The standard InChI is InChI=1S/C20H23ClFN7/c1-29(14-5-2-12(9-23)3-6-14)20-24-10-17-18(28-20)19(26-11-25-17)27-13-4-7-16(22)15(21)8-13/h4,7-8,10-12,14H,2-3,5-6,9,23H2,1H3,(H,25,26,27). The van der Waals surface area contributed by atoms with Crippen molar-refractivity contribution in [3.8, 4) is 0 Å². The molecule has 0 spiro atoms. The predicted octanol–water partition coefficient (Wildman–Crippen LogP) is 3.91. The Kier molecular flexibility index (Phi) is 5.73. The highest BCUT2D eigenvalue weighted by atomic mass is 35.5. The molecule has 9 heteroatoms. The number of fused-ring (bicyclic) bond motifs is 1. The molecule has 1 aliphatic rings. The van der Waals surface area contributed by atoms with Crippen molar-refractivity contribution in [1.29, 1.82) is 0 Å². The molecule has 0 saturated heterocycles. The molecule has 0 bridgehead atoms. The number of halogens is 2. The lowest BCUT2D eigenvalue weighted by molar-refractivity contribution is 0.325. The minimum atomic E-state index is -0.472. The van der Waals surface area contributed by atoms with E-state index in [1.807, 2.05) is 7.05 Å². The fraction of sp³-hybridized carbons (Fsp3) is 0.400. The van der Waals surface area contributed by atoms with Gasteiger partial charge in [0.1, 0.15) is 23.2 Å². The highest BCUT2D eigenvalue weighted by molar-refractivity contribution is 6.31. The van der Waals surface area contributed by atoms with Crippen molar-refractivity contribution in [2.45, 2.75) is 31.7 Å². The van der Waals surface area contributed by atoms with Gasteiger partial charge in [0.05, 0.1) is 11.2 Å². The van der Waals surface area contributed by atoms with Crippen LogP contribution in [0.15, 0.2) is 30.7 Å². The van der Waals surface area contributed by atoms with E-state index < -0.39 is 5.82 Å². The fourth-order valence-electron chi connectivity index (χ4n) is 3.75. The Balaban J connectivity index is 1.61. The summed E-state index contributed by atoms with van der Waals surface area (Å²) in [6.45, 7) is 0.753. The molecule has 3 N–H and O–H groups in total. The van der Waals surface area contributed by atoms with E-state index in [0.29, 0.717) is 40.4 Å². The van der Waals surface area contributed by atoms with Gasteiger partial charge in [-0.25, -0.2) is 24.3 Å². The van der Waals surface area contributed by atoms with Gasteiger partial charge in [-0.3, -0.25) is 0 Å². The fourth-order valence-corrected chi connectivity index (χ4v) is 3.93. The third kappa shape index (κ3) is 4.23. The third-order valence-electron chi connectivity index (χ3n) is 5.56. The topological polar surface area (TPSA) is 92.9 Å². The van der Waals surface area contributed by atoms with Crippen LogP contribution in [-0.4, -0.2) is 39.6 Å². The quantitative estimate of drug-likeness (QED) is 0.652. The zero-order chi connectivity index (χ0) is 20.4. The molecular weight excluding hydrogens is 393 g/mol. The van der Waals surface area contributed by atoms with Crippen molar-refractivity contribution in [2.75, 3.05) is 23.8 Å². The van der Waals surface area contributed by atoms with Crippen LogP contribution < -0.4 is 16.0 Å². The van der Waals surface area contributed by atoms with E-state index in [-0.39, 0.29) is 5.02 Å².